The standard InChI is InChI=1S/C52H36N6/c1-5-17-35(18-6-1)38-29-31-46-42(33-38)41-25-13-15-27-45(41)58(46)47-32-30-39(52-53-44-26-14-16-28-48(44)57(52)40-23-11-4-12-24-40)34-43(47)51-55-49(36-19-7-2-8-20-36)54-50(56-51)37-21-9-3-10-22-37/h1-34,52-53H. The van der Waals surface area contributed by atoms with Gasteiger partial charge in [0.05, 0.1) is 28.1 Å². The molecule has 0 saturated heterocycles. The lowest BCUT2D eigenvalue weighted by Crippen LogP contribution is -2.23. The predicted octanol–water partition coefficient (Wildman–Crippen LogP) is 12.9. The molecule has 0 spiro atoms. The van der Waals surface area contributed by atoms with Gasteiger partial charge in [0.25, 0.3) is 0 Å². The number of aromatic nitrogens is 4. The van der Waals surface area contributed by atoms with Crippen LogP contribution in [0.4, 0.5) is 17.1 Å². The molecule has 6 heteroatoms. The Bertz CT molecular complexity index is 3030. The van der Waals surface area contributed by atoms with Crippen molar-refractivity contribution in [2.24, 2.45) is 0 Å². The summed E-state index contributed by atoms with van der Waals surface area (Å²) in [7, 11) is 0. The third-order valence-corrected chi connectivity index (χ3v) is 11.0. The number of benzene rings is 8. The average Bonchev–Trinajstić information content (AvgIpc) is 3.86. The molecule has 0 aliphatic carbocycles. The molecule has 0 saturated carbocycles. The van der Waals surface area contributed by atoms with E-state index in [1.165, 1.54) is 21.9 Å². The smallest absolute Gasteiger partial charge is 0.166 e. The molecule has 1 atom stereocenters. The van der Waals surface area contributed by atoms with Crippen LogP contribution in [-0.2, 0) is 0 Å². The molecule has 0 fully saturated rings. The maximum absolute atomic E-state index is 5.30. The van der Waals surface area contributed by atoms with Crippen molar-refractivity contribution in [3.05, 3.63) is 212 Å². The first-order chi connectivity index (χ1) is 28.8. The molecule has 3 heterocycles. The summed E-state index contributed by atoms with van der Waals surface area (Å²) in [6.07, 6.45) is -0.191. The quantitative estimate of drug-likeness (QED) is 0.176. The number of para-hydroxylation sites is 4. The highest BCUT2D eigenvalue weighted by Crippen LogP contribution is 2.47. The summed E-state index contributed by atoms with van der Waals surface area (Å²) in [4.78, 5) is 18.0. The van der Waals surface area contributed by atoms with Gasteiger partial charge in [-0.1, -0.05) is 152 Å². The number of rotatable bonds is 7. The lowest BCUT2D eigenvalue weighted by molar-refractivity contribution is 0.827. The van der Waals surface area contributed by atoms with Crippen molar-refractivity contribution >= 4 is 38.9 Å². The van der Waals surface area contributed by atoms with Crippen LogP contribution in [0.5, 0.6) is 0 Å². The monoisotopic (exact) mass is 744 g/mol. The zero-order valence-electron chi connectivity index (χ0n) is 31.4. The molecule has 8 aromatic carbocycles. The summed E-state index contributed by atoms with van der Waals surface area (Å²) in [5, 5.41) is 6.21. The van der Waals surface area contributed by atoms with Crippen molar-refractivity contribution < 1.29 is 0 Å². The maximum atomic E-state index is 5.30. The Hall–Kier alpha value is -7.83. The first-order valence-electron chi connectivity index (χ1n) is 19.6. The van der Waals surface area contributed by atoms with Gasteiger partial charge >= 0.3 is 0 Å². The maximum Gasteiger partial charge on any atom is 0.166 e. The van der Waals surface area contributed by atoms with Gasteiger partial charge in [0.2, 0.25) is 0 Å². The third kappa shape index (κ3) is 5.78. The number of anilines is 3. The molecule has 1 aliphatic heterocycles. The van der Waals surface area contributed by atoms with Gasteiger partial charge in [-0.25, -0.2) is 15.0 Å². The van der Waals surface area contributed by atoms with Crippen molar-refractivity contribution in [1.29, 1.82) is 0 Å². The van der Waals surface area contributed by atoms with Crippen molar-refractivity contribution in [2.45, 2.75) is 6.17 Å². The molecule has 274 valence electrons. The molecular weight excluding hydrogens is 709 g/mol. The highest BCUT2D eigenvalue weighted by atomic mass is 15.3. The second-order valence-electron chi connectivity index (χ2n) is 14.5. The number of fused-ring (bicyclic) bond motifs is 4. The Morgan fingerprint density at radius 3 is 1.67 bits per heavy atom. The van der Waals surface area contributed by atoms with Gasteiger partial charge < -0.3 is 14.8 Å². The minimum absolute atomic E-state index is 0.191. The van der Waals surface area contributed by atoms with Gasteiger partial charge in [0.15, 0.2) is 17.5 Å². The Morgan fingerprint density at radius 2 is 0.966 bits per heavy atom. The molecule has 10 aromatic rings. The van der Waals surface area contributed by atoms with E-state index in [1.807, 2.05) is 36.4 Å². The summed E-state index contributed by atoms with van der Waals surface area (Å²) in [5.41, 5.74) is 12.7. The van der Waals surface area contributed by atoms with E-state index in [4.69, 9.17) is 15.0 Å². The second kappa shape index (κ2) is 14.0. The summed E-state index contributed by atoms with van der Waals surface area (Å²) in [6, 6.07) is 72.2. The third-order valence-electron chi connectivity index (χ3n) is 11.0. The zero-order chi connectivity index (χ0) is 38.4. The topological polar surface area (TPSA) is 58.9 Å². The summed E-state index contributed by atoms with van der Waals surface area (Å²) in [5.74, 6) is 1.83. The van der Waals surface area contributed by atoms with E-state index in [-0.39, 0.29) is 6.17 Å². The lowest BCUT2D eigenvalue weighted by atomic mass is 10.0. The Kier molecular flexibility index (Phi) is 8.11. The van der Waals surface area contributed by atoms with Crippen LogP contribution in [0.1, 0.15) is 11.7 Å². The summed E-state index contributed by atoms with van der Waals surface area (Å²) in [6.45, 7) is 0. The lowest BCUT2D eigenvalue weighted by Gasteiger charge is -2.28. The molecule has 11 rings (SSSR count). The van der Waals surface area contributed by atoms with Gasteiger partial charge in [-0.15, -0.1) is 0 Å². The molecule has 6 nitrogen and oxygen atoms in total. The van der Waals surface area contributed by atoms with Gasteiger partial charge in [-0.3, -0.25) is 0 Å². The molecule has 0 bridgehead atoms. The van der Waals surface area contributed by atoms with Crippen LogP contribution in [0.25, 0.3) is 72.8 Å². The van der Waals surface area contributed by atoms with E-state index in [0.717, 1.165) is 56.0 Å². The first-order valence-corrected chi connectivity index (χ1v) is 19.6. The van der Waals surface area contributed by atoms with Crippen molar-refractivity contribution in [2.75, 3.05) is 10.2 Å². The van der Waals surface area contributed by atoms with E-state index in [9.17, 15) is 0 Å². The molecule has 1 aliphatic rings. The van der Waals surface area contributed by atoms with E-state index < -0.39 is 0 Å². The van der Waals surface area contributed by atoms with Gasteiger partial charge in [-0.05, 0) is 71.3 Å². The second-order valence-corrected chi connectivity index (χ2v) is 14.5. The molecule has 0 radical (unpaired) electrons. The van der Waals surface area contributed by atoms with E-state index in [1.54, 1.807) is 0 Å². The number of hydrogen-bond donors (Lipinski definition) is 1. The SMILES string of the molecule is c1ccc(-c2ccc3c(c2)c2ccccc2n3-c2ccc(C3Nc4ccccc4N3c3ccccc3)cc2-c2nc(-c3ccccc3)nc(-c3ccccc3)n2)cc1. The van der Waals surface area contributed by atoms with E-state index in [0.29, 0.717) is 17.5 Å². The minimum atomic E-state index is -0.191. The summed E-state index contributed by atoms with van der Waals surface area (Å²) < 4.78 is 2.37. The number of nitrogens with zero attached hydrogens (tertiary/aromatic N) is 5. The zero-order valence-corrected chi connectivity index (χ0v) is 31.4. The van der Waals surface area contributed by atoms with E-state index >= 15 is 0 Å². The Morgan fingerprint density at radius 1 is 0.397 bits per heavy atom. The Labute approximate surface area is 336 Å². The largest absolute Gasteiger partial charge is 0.359 e. The van der Waals surface area contributed by atoms with Gasteiger partial charge in [0.1, 0.15) is 6.17 Å². The van der Waals surface area contributed by atoms with Gasteiger partial charge in [0, 0.05) is 33.2 Å². The number of nitrogens with one attached hydrogen (secondary N) is 1. The van der Waals surface area contributed by atoms with Crippen LogP contribution in [0.3, 0.4) is 0 Å². The first kappa shape index (κ1) is 33.5. The minimum Gasteiger partial charge on any atom is -0.359 e. The van der Waals surface area contributed by atoms with Crippen LogP contribution in [0, 0.1) is 0 Å². The van der Waals surface area contributed by atoms with Crippen LogP contribution in [-0.4, -0.2) is 19.5 Å². The van der Waals surface area contributed by atoms with Crippen molar-refractivity contribution in [3.63, 3.8) is 0 Å². The fourth-order valence-electron chi connectivity index (χ4n) is 8.34. The van der Waals surface area contributed by atoms with Crippen LogP contribution < -0.4 is 10.2 Å². The Balaban J connectivity index is 1.18. The van der Waals surface area contributed by atoms with Crippen molar-refractivity contribution in [3.8, 4) is 51.0 Å². The average molecular weight is 745 g/mol. The van der Waals surface area contributed by atoms with Crippen LogP contribution in [0.15, 0.2) is 206 Å². The highest BCUT2D eigenvalue weighted by Gasteiger charge is 2.32. The van der Waals surface area contributed by atoms with Crippen LogP contribution in [0.2, 0.25) is 0 Å². The molecular formula is C52H36N6. The fourth-order valence-corrected chi connectivity index (χ4v) is 8.34. The normalized spacial score (nSPS) is 13.4. The molecule has 58 heavy (non-hydrogen) atoms. The van der Waals surface area contributed by atoms with Crippen molar-refractivity contribution in [1.82, 2.24) is 19.5 Å². The molecule has 1 N–H and O–H groups in total. The highest BCUT2D eigenvalue weighted by molar-refractivity contribution is 6.11. The number of hydrogen-bond acceptors (Lipinski definition) is 5. The molecule has 2 aromatic heterocycles. The van der Waals surface area contributed by atoms with E-state index in [2.05, 4.69) is 185 Å². The fraction of sp³-hybridized carbons (Fsp3) is 0.0192. The van der Waals surface area contributed by atoms with Crippen LogP contribution >= 0.6 is 0 Å². The van der Waals surface area contributed by atoms with Gasteiger partial charge in [-0.2, -0.15) is 0 Å². The molecule has 0 amide bonds. The summed E-state index contributed by atoms with van der Waals surface area (Å²) >= 11 is 0. The predicted molar refractivity (Wildman–Crippen MR) is 237 cm³/mol. The molecule has 1 unspecified atom stereocenters.